The van der Waals surface area contributed by atoms with Crippen LogP contribution in [-0.2, 0) is 24.3 Å². The molecule has 0 saturated carbocycles. The second kappa shape index (κ2) is 8.50. The van der Waals surface area contributed by atoms with Crippen LogP contribution in [0.1, 0.15) is 16.7 Å². The van der Waals surface area contributed by atoms with Gasteiger partial charge in [0.05, 0.1) is 0 Å². The van der Waals surface area contributed by atoms with Gasteiger partial charge in [-0.15, -0.1) is 24.8 Å². The van der Waals surface area contributed by atoms with Crippen molar-refractivity contribution >= 4 is 42.4 Å². The van der Waals surface area contributed by atoms with Crippen LogP contribution in [0.2, 0.25) is 5.02 Å². The van der Waals surface area contributed by atoms with Gasteiger partial charge in [-0.25, -0.2) is 0 Å². The van der Waals surface area contributed by atoms with Crippen molar-refractivity contribution in [2.24, 2.45) is 0 Å². The molecule has 7 heteroatoms. The van der Waals surface area contributed by atoms with Crippen LogP contribution in [0.5, 0.6) is 0 Å². The van der Waals surface area contributed by atoms with Gasteiger partial charge in [0.25, 0.3) is 0 Å². The second-order valence-corrected chi connectivity index (χ2v) is 5.67. The summed E-state index contributed by atoms with van der Waals surface area (Å²) in [5, 5.41) is 10.2. The van der Waals surface area contributed by atoms with Gasteiger partial charge >= 0.3 is 5.97 Å². The Morgan fingerprint density at radius 2 is 2.09 bits per heavy atom. The maximum atomic E-state index is 11.5. The van der Waals surface area contributed by atoms with Crippen LogP contribution in [0.4, 0.5) is 0 Å². The van der Waals surface area contributed by atoms with Crippen LogP contribution in [0.25, 0.3) is 0 Å². The van der Waals surface area contributed by atoms with E-state index in [1.54, 1.807) is 12.4 Å². The first-order chi connectivity index (χ1) is 10.1. The minimum Gasteiger partial charge on any atom is -0.480 e. The zero-order valence-corrected chi connectivity index (χ0v) is 14.6. The van der Waals surface area contributed by atoms with Crippen molar-refractivity contribution < 1.29 is 9.90 Å². The highest BCUT2D eigenvalue weighted by Gasteiger charge is 2.31. The summed E-state index contributed by atoms with van der Waals surface area (Å²) in [6.45, 7) is 1.15. The Hall–Kier alpha value is -1.33. The fraction of sp³-hybridized carbons (Fsp3) is 0.250. The fourth-order valence-electron chi connectivity index (χ4n) is 2.74. The quantitative estimate of drug-likeness (QED) is 0.891. The lowest BCUT2D eigenvalue weighted by Gasteiger charge is -2.34. The molecular formula is C16H17Cl3N2O2. The molecule has 1 aliphatic heterocycles. The predicted octanol–water partition coefficient (Wildman–Crippen LogP) is 3.59. The number of halogens is 3. The van der Waals surface area contributed by atoms with E-state index >= 15 is 0 Å². The van der Waals surface area contributed by atoms with Crippen LogP contribution in [0.3, 0.4) is 0 Å². The highest BCUT2D eigenvalue weighted by molar-refractivity contribution is 6.30. The largest absolute Gasteiger partial charge is 0.480 e. The number of hydrogen-bond donors (Lipinski definition) is 1. The van der Waals surface area contributed by atoms with E-state index < -0.39 is 12.0 Å². The molecule has 0 spiro atoms. The average Bonchev–Trinajstić information content (AvgIpc) is 2.47. The van der Waals surface area contributed by atoms with Gasteiger partial charge in [0, 0.05) is 30.5 Å². The third-order valence-electron chi connectivity index (χ3n) is 3.79. The molecule has 2 heterocycles. The van der Waals surface area contributed by atoms with Crippen LogP contribution in [0, 0.1) is 0 Å². The number of rotatable bonds is 3. The summed E-state index contributed by atoms with van der Waals surface area (Å²) in [6, 6.07) is 8.97. The molecule has 124 valence electrons. The van der Waals surface area contributed by atoms with E-state index in [1.807, 2.05) is 35.2 Å². The van der Waals surface area contributed by atoms with Crippen LogP contribution < -0.4 is 0 Å². The average molecular weight is 376 g/mol. The van der Waals surface area contributed by atoms with Crippen LogP contribution in [0.15, 0.2) is 42.7 Å². The monoisotopic (exact) mass is 374 g/mol. The lowest BCUT2D eigenvalue weighted by Crippen LogP contribution is -2.45. The van der Waals surface area contributed by atoms with Gasteiger partial charge < -0.3 is 5.11 Å². The van der Waals surface area contributed by atoms with E-state index in [1.165, 1.54) is 0 Å². The molecule has 1 aromatic carbocycles. The first-order valence-corrected chi connectivity index (χ1v) is 7.14. The highest BCUT2D eigenvalue weighted by Crippen LogP contribution is 2.27. The number of hydrogen-bond acceptors (Lipinski definition) is 3. The Balaban J connectivity index is 0.00000132. The van der Waals surface area contributed by atoms with E-state index in [4.69, 9.17) is 11.6 Å². The number of aromatic nitrogens is 1. The number of nitrogens with zero attached hydrogens (tertiary/aromatic N) is 2. The molecule has 0 bridgehead atoms. The molecule has 2 aromatic rings. The van der Waals surface area contributed by atoms with Crippen LogP contribution in [-0.4, -0.2) is 27.0 Å². The molecule has 23 heavy (non-hydrogen) atoms. The van der Waals surface area contributed by atoms with Crippen molar-refractivity contribution in [3.05, 3.63) is 64.4 Å². The molecule has 4 nitrogen and oxygen atoms in total. The standard InChI is InChI=1S/C16H15ClN2O2.2ClH/c17-14-4-3-12-7-15(16(20)21)19(10-13(12)6-14)9-11-2-1-5-18-8-11;;/h1-6,8,15H,7,9-10H2,(H,20,21);2*1H. The third-order valence-corrected chi connectivity index (χ3v) is 4.02. The molecule has 0 amide bonds. The van der Waals surface area contributed by atoms with Gasteiger partial charge in [0.1, 0.15) is 6.04 Å². The minimum absolute atomic E-state index is 0. The number of carboxylic acid groups (broad SMARTS) is 1. The number of benzene rings is 1. The molecule has 1 aromatic heterocycles. The van der Waals surface area contributed by atoms with Crippen molar-refractivity contribution in [2.45, 2.75) is 25.6 Å². The van der Waals surface area contributed by atoms with Gasteiger partial charge in [-0.3, -0.25) is 14.7 Å². The first kappa shape index (κ1) is 19.7. The molecule has 0 saturated heterocycles. The van der Waals surface area contributed by atoms with Gasteiger partial charge in [0.2, 0.25) is 0 Å². The van der Waals surface area contributed by atoms with E-state index in [2.05, 4.69) is 4.98 Å². The molecule has 1 N–H and O–H groups in total. The summed E-state index contributed by atoms with van der Waals surface area (Å²) < 4.78 is 0. The highest BCUT2D eigenvalue weighted by atomic mass is 35.5. The zero-order chi connectivity index (χ0) is 14.8. The van der Waals surface area contributed by atoms with E-state index in [-0.39, 0.29) is 24.8 Å². The van der Waals surface area contributed by atoms with Crippen LogP contribution >= 0.6 is 36.4 Å². The Morgan fingerprint density at radius 1 is 1.30 bits per heavy atom. The Morgan fingerprint density at radius 3 is 2.74 bits per heavy atom. The molecule has 1 unspecified atom stereocenters. The van der Waals surface area contributed by atoms with Crippen molar-refractivity contribution in [3.63, 3.8) is 0 Å². The number of carboxylic acids is 1. The van der Waals surface area contributed by atoms with E-state index in [0.717, 1.165) is 16.7 Å². The maximum absolute atomic E-state index is 11.5. The zero-order valence-electron chi connectivity index (χ0n) is 12.2. The van der Waals surface area contributed by atoms with Crippen molar-refractivity contribution in [2.75, 3.05) is 0 Å². The molecular weight excluding hydrogens is 359 g/mol. The fourth-order valence-corrected chi connectivity index (χ4v) is 2.94. The maximum Gasteiger partial charge on any atom is 0.321 e. The number of carbonyl (C=O) groups is 1. The minimum atomic E-state index is -0.792. The van der Waals surface area contributed by atoms with Gasteiger partial charge in [0.15, 0.2) is 0 Å². The molecule has 1 aliphatic rings. The van der Waals surface area contributed by atoms with E-state index in [0.29, 0.717) is 24.5 Å². The van der Waals surface area contributed by atoms with Gasteiger partial charge in [-0.2, -0.15) is 0 Å². The summed E-state index contributed by atoms with van der Waals surface area (Å²) in [4.78, 5) is 17.6. The number of aliphatic carboxylic acids is 1. The Bertz CT molecular complexity index is 668. The summed E-state index contributed by atoms with van der Waals surface area (Å²) in [5.41, 5.74) is 3.17. The smallest absolute Gasteiger partial charge is 0.321 e. The summed E-state index contributed by atoms with van der Waals surface area (Å²) in [7, 11) is 0. The molecule has 0 radical (unpaired) electrons. The van der Waals surface area contributed by atoms with Gasteiger partial charge in [-0.1, -0.05) is 23.7 Å². The third kappa shape index (κ3) is 4.58. The number of pyridine rings is 1. The topological polar surface area (TPSA) is 53.4 Å². The Labute approximate surface area is 152 Å². The lowest BCUT2D eigenvalue weighted by atomic mass is 9.93. The van der Waals surface area contributed by atoms with E-state index in [9.17, 15) is 9.90 Å². The predicted molar refractivity (Wildman–Crippen MR) is 94.6 cm³/mol. The SMILES string of the molecule is Cl.Cl.O=C(O)C1Cc2ccc(Cl)cc2CN1Cc1cccnc1. The molecule has 0 fully saturated rings. The summed E-state index contributed by atoms with van der Waals surface area (Å²) in [5.74, 6) is -0.792. The molecule has 3 rings (SSSR count). The summed E-state index contributed by atoms with van der Waals surface area (Å²) >= 11 is 6.04. The molecule has 0 aliphatic carbocycles. The first-order valence-electron chi connectivity index (χ1n) is 6.76. The normalized spacial score (nSPS) is 16.7. The van der Waals surface area contributed by atoms with Crippen molar-refractivity contribution in [3.8, 4) is 0 Å². The van der Waals surface area contributed by atoms with Crippen molar-refractivity contribution in [1.29, 1.82) is 0 Å². The molecule has 1 atom stereocenters. The second-order valence-electron chi connectivity index (χ2n) is 5.24. The Kier molecular flexibility index (Phi) is 7.29. The summed E-state index contributed by atoms with van der Waals surface area (Å²) in [6.07, 6.45) is 3.98. The van der Waals surface area contributed by atoms with Crippen molar-refractivity contribution in [1.82, 2.24) is 9.88 Å². The number of fused-ring (bicyclic) bond motifs is 1. The lowest BCUT2D eigenvalue weighted by molar-refractivity contribution is -0.144. The van der Waals surface area contributed by atoms with Gasteiger partial charge in [-0.05, 0) is 41.3 Å².